The Labute approximate surface area is 183 Å². The lowest BCUT2D eigenvalue weighted by atomic mass is 10.2. The van der Waals surface area contributed by atoms with E-state index in [0.717, 1.165) is 32.7 Å². The van der Waals surface area contributed by atoms with E-state index < -0.39 is 5.91 Å². The molecule has 166 valence electrons. The molecule has 2 aromatic rings. The average molecular weight is 427 g/mol. The number of nitrogens with one attached hydrogen (secondary N) is 2. The Hall–Kier alpha value is -3.10. The highest BCUT2D eigenvalue weighted by Gasteiger charge is 2.19. The van der Waals surface area contributed by atoms with Crippen molar-refractivity contribution in [1.29, 1.82) is 0 Å². The van der Waals surface area contributed by atoms with Crippen LogP contribution in [0.15, 0.2) is 48.5 Å². The van der Waals surface area contributed by atoms with Gasteiger partial charge in [-0.1, -0.05) is 30.3 Å². The molecule has 0 aromatic heterocycles. The van der Waals surface area contributed by atoms with Gasteiger partial charge in [0.05, 0.1) is 20.3 Å². The van der Waals surface area contributed by atoms with Crippen LogP contribution in [-0.4, -0.2) is 68.1 Å². The molecular formula is C23H30N4O4. The number of carbonyl (C=O) groups excluding carboxylic acids is 2. The third-order valence-corrected chi connectivity index (χ3v) is 5.12. The summed E-state index contributed by atoms with van der Waals surface area (Å²) >= 11 is 0. The zero-order valence-electron chi connectivity index (χ0n) is 18.1. The minimum Gasteiger partial charge on any atom is -0.493 e. The monoisotopic (exact) mass is 426 g/mol. The summed E-state index contributed by atoms with van der Waals surface area (Å²) in [7, 11) is 1.51. The van der Waals surface area contributed by atoms with Gasteiger partial charge >= 0.3 is 0 Å². The first-order valence-electron chi connectivity index (χ1n) is 10.5. The third-order valence-electron chi connectivity index (χ3n) is 5.12. The van der Waals surface area contributed by atoms with E-state index in [-0.39, 0.29) is 12.5 Å². The number of nitrogens with zero attached hydrogens (tertiary/aromatic N) is 2. The molecule has 2 N–H and O–H groups in total. The number of methoxy groups -OCH3 is 1. The molecule has 8 heteroatoms. The van der Waals surface area contributed by atoms with Gasteiger partial charge in [-0.2, -0.15) is 0 Å². The Morgan fingerprint density at radius 2 is 1.65 bits per heavy atom. The van der Waals surface area contributed by atoms with E-state index in [0.29, 0.717) is 23.7 Å². The smallest absolute Gasteiger partial charge is 0.269 e. The highest BCUT2D eigenvalue weighted by Crippen LogP contribution is 2.27. The van der Waals surface area contributed by atoms with Gasteiger partial charge in [-0.25, -0.2) is 0 Å². The number of ether oxygens (including phenoxy) is 2. The van der Waals surface area contributed by atoms with Crippen LogP contribution in [0.1, 0.15) is 22.8 Å². The number of hydrazine groups is 1. The Morgan fingerprint density at radius 1 is 0.935 bits per heavy atom. The van der Waals surface area contributed by atoms with Gasteiger partial charge in [-0.3, -0.25) is 30.2 Å². The summed E-state index contributed by atoms with van der Waals surface area (Å²) in [5, 5.41) is 0. The molecule has 0 radical (unpaired) electrons. The molecule has 1 aliphatic heterocycles. The van der Waals surface area contributed by atoms with Crippen molar-refractivity contribution >= 4 is 11.8 Å². The molecule has 0 atom stereocenters. The van der Waals surface area contributed by atoms with Crippen molar-refractivity contribution in [2.45, 2.75) is 13.5 Å². The molecular weight excluding hydrogens is 396 g/mol. The topological polar surface area (TPSA) is 83.1 Å². The van der Waals surface area contributed by atoms with Crippen LogP contribution in [0.4, 0.5) is 0 Å². The second kappa shape index (κ2) is 11.3. The third kappa shape index (κ3) is 6.70. The number of hydrogen-bond donors (Lipinski definition) is 2. The molecule has 2 aromatic carbocycles. The largest absolute Gasteiger partial charge is 0.493 e. The maximum absolute atomic E-state index is 12.4. The maximum atomic E-state index is 12.4. The van der Waals surface area contributed by atoms with Crippen molar-refractivity contribution in [3.63, 3.8) is 0 Å². The van der Waals surface area contributed by atoms with Crippen LogP contribution in [-0.2, 0) is 11.3 Å². The minimum absolute atomic E-state index is 0.242. The average Bonchev–Trinajstić information content (AvgIpc) is 2.80. The molecule has 0 spiro atoms. The van der Waals surface area contributed by atoms with Crippen LogP contribution >= 0.6 is 0 Å². The molecule has 0 unspecified atom stereocenters. The van der Waals surface area contributed by atoms with Crippen molar-refractivity contribution in [3.8, 4) is 11.5 Å². The van der Waals surface area contributed by atoms with Gasteiger partial charge in [0.25, 0.3) is 11.8 Å². The molecule has 0 aliphatic carbocycles. The van der Waals surface area contributed by atoms with Crippen LogP contribution in [0.5, 0.6) is 11.5 Å². The number of hydrogen-bond acceptors (Lipinski definition) is 6. The molecule has 0 bridgehead atoms. The first-order valence-corrected chi connectivity index (χ1v) is 10.5. The first-order chi connectivity index (χ1) is 15.1. The SMILES string of the molecule is CCOc1ccc(C(=O)NNC(=O)CN2CCN(Cc3ccccc3)CC2)cc1OC. The van der Waals surface area contributed by atoms with E-state index in [1.165, 1.54) is 12.7 Å². The Kier molecular flexibility index (Phi) is 8.26. The van der Waals surface area contributed by atoms with Crippen molar-refractivity contribution in [2.75, 3.05) is 46.4 Å². The van der Waals surface area contributed by atoms with Gasteiger partial charge in [0.15, 0.2) is 11.5 Å². The van der Waals surface area contributed by atoms with Gasteiger partial charge in [0.1, 0.15) is 0 Å². The Bertz CT molecular complexity index is 867. The second-order valence-corrected chi connectivity index (χ2v) is 7.34. The van der Waals surface area contributed by atoms with E-state index in [2.05, 4.69) is 32.8 Å². The van der Waals surface area contributed by atoms with Gasteiger partial charge in [0.2, 0.25) is 0 Å². The van der Waals surface area contributed by atoms with E-state index in [1.54, 1.807) is 18.2 Å². The van der Waals surface area contributed by atoms with Crippen molar-refractivity contribution in [2.24, 2.45) is 0 Å². The molecule has 3 rings (SSSR count). The summed E-state index contributed by atoms with van der Waals surface area (Å²) in [4.78, 5) is 29.1. The lowest BCUT2D eigenvalue weighted by Gasteiger charge is -2.34. The van der Waals surface area contributed by atoms with Crippen LogP contribution in [0, 0.1) is 0 Å². The van der Waals surface area contributed by atoms with Crippen molar-refractivity contribution in [1.82, 2.24) is 20.7 Å². The summed E-state index contributed by atoms with van der Waals surface area (Å²) in [5.74, 6) is 0.372. The van der Waals surface area contributed by atoms with Crippen LogP contribution in [0.25, 0.3) is 0 Å². The number of rotatable bonds is 8. The number of carbonyl (C=O) groups is 2. The lowest BCUT2D eigenvalue weighted by molar-refractivity contribution is -0.123. The summed E-state index contributed by atoms with van der Waals surface area (Å²) < 4.78 is 10.7. The maximum Gasteiger partial charge on any atom is 0.269 e. The summed E-state index contributed by atoms with van der Waals surface area (Å²) in [6, 6.07) is 15.3. The first kappa shape index (κ1) is 22.6. The predicted molar refractivity (Wildman–Crippen MR) is 118 cm³/mol. The molecule has 2 amide bonds. The van der Waals surface area contributed by atoms with Gasteiger partial charge in [0, 0.05) is 38.3 Å². The quantitative estimate of drug-likeness (QED) is 0.625. The molecule has 0 saturated carbocycles. The highest BCUT2D eigenvalue weighted by molar-refractivity contribution is 5.96. The molecule has 1 fully saturated rings. The Balaban J connectivity index is 1.41. The molecule has 31 heavy (non-hydrogen) atoms. The zero-order chi connectivity index (χ0) is 22.1. The fourth-order valence-electron chi connectivity index (χ4n) is 3.47. The molecule has 1 heterocycles. The summed E-state index contributed by atoms with van der Waals surface area (Å²) in [6.45, 7) is 6.96. The summed E-state index contributed by atoms with van der Waals surface area (Å²) in [6.07, 6.45) is 0. The minimum atomic E-state index is -0.414. The zero-order valence-corrected chi connectivity index (χ0v) is 18.1. The Morgan fingerprint density at radius 3 is 2.32 bits per heavy atom. The molecule has 8 nitrogen and oxygen atoms in total. The van der Waals surface area contributed by atoms with E-state index >= 15 is 0 Å². The molecule has 1 saturated heterocycles. The predicted octanol–water partition coefficient (Wildman–Crippen LogP) is 1.67. The second-order valence-electron chi connectivity index (χ2n) is 7.34. The number of amides is 2. The van der Waals surface area contributed by atoms with E-state index in [4.69, 9.17) is 9.47 Å². The van der Waals surface area contributed by atoms with Crippen LogP contribution in [0.2, 0.25) is 0 Å². The van der Waals surface area contributed by atoms with E-state index in [9.17, 15) is 9.59 Å². The highest BCUT2D eigenvalue weighted by atomic mass is 16.5. The summed E-state index contributed by atoms with van der Waals surface area (Å²) in [5.41, 5.74) is 6.62. The van der Waals surface area contributed by atoms with E-state index in [1.807, 2.05) is 25.1 Å². The number of piperazine rings is 1. The van der Waals surface area contributed by atoms with Gasteiger partial charge in [-0.05, 0) is 30.7 Å². The molecule has 1 aliphatic rings. The van der Waals surface area contributed by atoms with Crippen molar-refractivity contribution < 1.29 is 19.1 Å². The van der Waals surface area contributed by atoms with Crippen molar-refractivity contribution in [3.05, 3.63) is 59.7 Å². The van der Waals surface area contributed by atoms with Crippen LogP contribution in [0.3, 0.4) is 0 Å². The standard InChI is InChI=1S/C23H30N4O4/c1-3-31-20-10-9-19(15-21(20)30-2)23(29)25-24-22(28)17-27-13-11-26(12-14-27)16-18-7-5-4-6-8-18/h4-10,15H,3,11-14,16-17H2,1-2H3,(H,24,28)(H,25,29). The fraction of sp³-hybridized carbons (Fsp3) is 0.391. The van der Waals surface area contributed by atoms with Gasteiger partial charge in [-0.15, -0.1) is 0 Å². The van der Waals surface area contributed by atoms with Gasteiger partial charge < -0.3 is 9.47 Å². The lowest BCUT2D eigenvalue weighted by Crippen LogP contribution is -2.51. The number of benzene rings is 2. The normalized spacial score (nSPS) is 14.6. The fourth-order valence-corrected chi connectivity index (χ4v) is 3.47. The van der Waals surface area contributed by atoms with Crippen LogP contribution < -0.4 is 20.3 Å².